The molecule has 8 bridgehead atoms. The monoisotopic (exact) mass is 1480 g/mol. The molecule has 10 aromatic rings. The predicted molar refractivity (Wildman–Crippen MR) is 351 cm³/mol. The average molecular weight is 1480 g/mol. The molecule has 1 saturated heterocycles. The number of anilines is 19. The molecule has 17 rings (SSSR count). The van der Waals surface area contributed by atoms with Gasteiger partial charge in [-0.15, -0.1) is 0 Å². The van der Waals surface area contributed by atoms with Gasteiger partial charge in [0.15, 0.2) is 0 Å². The molecule has 0 spiro atoms. The van der Waals surface area contributed by atoms with Crippen molar-refractivity contribution >= 4 is 125 Å². The Morgan fingerprint density at radius 1 is 0.259 bits per heavy atom. The number of para-hydroxylation sites is 8. The summed E-state index contributed by atoms with van der Waals surface area (Å²) in [7, 11) is 0. The first-order valence-corrected chi connectivity index (χ1v) is 32.6. The van der Waals surface area contributed by atoms with Crippen molar-refractivity contribution in [2.24, 2.45) is 0 Å². The molecule has 422 valence electrons. The van der Waals surface area contributed by atoms with Crippen LogP contribution in [0.3, 0.4) is 0 Å². The van der Waals surface area contributed by atoms with Crippen molar-refractivity contribution < 1.29 is 51.7 Å². The van der Waals surface area contributed by atoms with E-state index in [0.717, 1.165) is 82.6 Å². The molecule has 0 unspecified atom stereocenters. The summed E-state index contributed by atoms with van der Waals surface area (Å²) in [5.41, 5.74) is 14.7. The minimum absolute atomic E-state index is 0.455. The van der Waals surface area contributed by atoms with Crippen molar-refractivity contribution in [2.75, 3.05) is 94.9 Å². The Balaban J connectivity index is 0.909. The second-order valence-electron chi connectivity index (χ2n) is 21.5. The molecule has 85 heavy (non-hydrogen) atoms. The summed E-state index contributed by atoms with van der Waals surface area (Å²) in [5.74, 6) is 0. The second-order valence-corrected chi connectivity index (χ2v) is 26.7. The standard InChI is InChI=1S/C72H59N11.2Pt/c1-73-48-78(69-30-12-8-26-65(69)73)56-22-18-24-58(42-56)82(63-41-53(52-20-6-5-7-21-52)40-61(46-63)80-50-75(3)67-28-10-14-32-71(67)80)54-34-36-55(37-35-54)83(59-25-19-23-57(43-59)79-49-74(2)66-27-9-13-31-70(66)79)64-45-60(77-38-16-17-39-77)44-62(47-64)81-51-76(4)68-29-11-15-33-72(68)81;;/h5-15,18-37,40-47H,16-17,38-39H2,1-4H3;;/i1D3,2D3,3D3,4D3;;. The molecule has 1 fully saturated rings. The van der Waals surface area contributed by atoms with Crippen molar-refractivity contribution in [3.05, 3.63) is 237 Å². The van der Waals surface area contributed by atoms with Crippen LogP contribution in [-0.4, -0.2) is 57.6 Å². The Morgan fingerprint density at radius 2 is 0.565 bits per heavy atom. The van der Waals surface area contributed by atoms with Crippen LogP contribution < -0.4 is 53.9 Å². The van der Waals surface area contributed by atoms with Gasteiger partial charge in [0.05, 0.1) is 0 Å². The Kier molecular flexibility index (Phi) is 9.15. The van der Waals surface area contributed by atoms with E-state index < -0.39 is 63.2 Å². The quantitative estimate of drug-likeness (QED) is 0.169. The molecule has 7 heterocycles. The van der Waals surface area contributed by atoms with Crippen LogP contribution in [0.4, 0.5) is 108 Å². The zero-order valence-corrected chi connectivity index (χ0v) is 49.9. The fraction of sp³-hybridized carbons (Fsp3) is 0.111. The SMILES string of the molecule is [2H]C([2H])([2H])N1[C]2=[Pt]=[C]3N(c4cc(-c5ccccc5)cc(c4)N(c4ccc(N5c6cccc(c6)N6[C](=[Pt]=[C]7N(c8cc(N9CCCC9)cc5c8)c5ccccc5N7C([2H])([2H])[2H])N(C([2H])([2H])[2H])c5ccccc56)cc4)c4cccc(c4)N2c2ccccc21)c1ccccc1N3C([2H])([2H])[2H]. The molecule has 0 atom stereocenters. The molecule has 10 aromatic carbocycles. The molecule has 0 radical (unpaired) electrons. The van der Waals surface area contributed by atoms with Crippen LogP contribution in [0.2, 0.25) is 0 Å². The maximum atomic E-state index is 9.25. The van der Waals surface area contributed by atoms with Crippen molar-refractivity contribution in [3.63, 3.8) is 0 Å². The van der Waals surface area contributed by atoms with Gasteiger partial charge in [-0.3, -0.25) is 0 Å². The third-order valence-electron chi connectivity index (χ3n) is 16.6. The summed E-state index contributed by atoms with van der Waals surface area (Å²) in [6.07, 6.45) is 2.00. The number of hydrogen-bond donors (Lipinski definition) is 0. The third-order valence-corrected chi connectivity index (χ3v) is 22.7. The summed E-state index contributed by atoms with van der Waals surface area (Å²) in [6, 6.07) is 77.4. The van der Waals surface area contributed by atoms with E-state index in [1.165, 1.54) is 19.6 Å². The zero-order chi connectivity index (χ0) is 66.6. The van der Waals surface area contributed by atoms with E-state index in [4.69, 9.17) is 0 Å². The Hall–Kier alpha value is -9.14. The van der Waals surface area contributed by atoms with Crippen molar-refractivity contribution in [1.29, 1.82) is 0 Å². The van der Waals surface area contributed by atoms with Gasteiger partial charge in [0, 0.05) is 0 Å². The fourth-order valence-corrected chi connectivity index (χ4v) is 19.0. The first-order chi connectivity index (χ1) is 46.7. The molecule has 0 N–H and O–H groups in total. The third kappa shape index (κ3) is 7.93. The normalized spacial score (nSPS) is 19.2. The van der Waals surface area contributed by atoms with Gasteiger partial charge in [-0.05, 0) is 0 Å². The molecule has 7 aliphatic rings. The second kappa shape index (κ2) is 19.7. The molecule has 7 aliphatic heterocycles. The Bertz CT molecular complexity index is 5040. The number of fused-ring (bicyclic) bond motifs is 24. The van der Waals surface area contributed by atoms with E-state index in [2.05, 4.69) is 117 Å². The van der Waals surface area contributed by atoms with Gasteiger partial charge in [-0.2, -0.15) is 0 Å². The van der Waals surface area contributed by atoms with Crippen molar-refractivity contribution in [2.45, 2.75) is 12.8 Å². The number of hydrogen-bond acceptors (Lipinski definition) is 11. The van der Waals surface area contributed by atoms with Crippen LogP contribution in [0.5, 0.6) is 0 Å². The van der Waals surface area contributed by atoms with Gasteiger partial charge in [0.1, 0.15) is 0 Å². The van der Waals surface area contributed by atoms with Gasteiger partial charge < -0.3 is 0 Å². The van der Waals surface area contributed by atoms with Crippen LogP contribution in [0.1, 0.15) is 29.3 Å². The molecule has 0 aromatic heterocycles. The van der Waals surface area contributed by atoms with E-state index in [0.29, 0.717) is 79.1 Å². The van der Waals surface area contributed by atoms with Gasteiger partial charge in [-0.1, -0.05) is 0 Å². The predicted octanol–water partition coefficient (Wildman–Crippen LogP) is 15.8. The molecule has 0 saturated carbocycles. The molecular formula is C72H59N11Pt2. The van der Waals surface area contributed by atoms with Crippen LogP contribution in [0.25, 0.3) is 11.1 Å². The van der Waals surface area contributed by atoms with Crippen LogP contribution >= 0.6 is 0 Å². The van der Waals surface area contributed by atoms with Gasteiger partial charge >= 0.3 is 532 Å². The number of rotatable bonds is 4. The number of benzene rings is 10. The van der Waals surface area contributed by atoms with Gasteiger partial charge in [0.25, 0.3) is 0 Å². The van der Waals surface area contributed by atoms with E-state index in [-0.39, 0.29) is 0 Å². The molecule has 0 amide bonds. The summed E-state index contributed by atoms with van der Waals surface area (Å²) in [5, 5.41) is 0. The molecular weight excluding hydrogens is 1410 g/mol. The summed E-state index contributed by atoms with van der Waals surface area (Å²) in [4.78, 5) is 20.6. The molecule has 0 aliphatic carbocycles. The van der Waals surface area contributed by atoms with E-state index >= 15 is 0 Å². The Morgan fingerprint density at radius 3 is 0.965 bits per heavy atom. The van der Waals surface area contributed by atoms with Crippen molar-refractivity contribution in [1.82, 2.24) is 0 Å². The van der Waals surface area contributed by atoms with Gasteiger partial charge in [0.2, 0.25) is 0 Å². The summed E-state index contributed by atoms with van der Waals surface area (Å²) >= 11 is -3.40. The minimum atomic E-state index is -2.68. The van der Waals surface area contributed by atoms with E-state index in [1.54, 1.807) is 0 Å². The zero-order valence-electron chi connectivity index (χ0n) is 57.4. The Labute approximate surface area is 528 Å². The van der Waals surface area contributed by atoms with Gasteiger partial charge in [-0.25, -0.2) is 0 Å². The van der Waals surface area contributed by atoms with Crippen LogP contribution in [0, 0.1) is 0 Å². The van der Waals surface area contributed by atoms with Crippen LogP contribution in [0.15, 0.2) is 237 Å². The first-order valence-electron chi connectivity index (χ1n) is 34.1. The van der Waals surface area contributed by atoms with E-state index in [1.807, 2.05) is 154 Å². The van der Waals surface area contributed by atoms with Crippen molar-refractivity contribution in [3.8, 4) is 11.1 Å². The summed E-state index contributed by atoms with van der Waals surface area (Å²) < 4.78 is 113. The van der Waals surface area contributed by atoms with Crippen LogP contribution in [-0.2, 0) is 35.3 Å². The van der Waals surface area contributed by atoms with E-state index in [9.17, 15) is 16.4 Å². The topological polar surface area (TPSA) is 35.6 Å². The average Bonchev–Trinajstić information content (AvgIpc) is 1.59. The maximum absolute atomic E-state index is 9.25. The summed E-state index contributed by atoms with van der Waals surface area (Å²) in [6.45, 7) is -9.03. The fourth-order valence-electron chi connectivity index (χ4n) is 12.7. The molecule has 13 heteroatoms. The number of nitrogens with zero attached hydrogens (tertiary/aromatic N) is 11. The molecule has 11 nitrogen and oxygen atoms in total. The first kappa shape index (κ1) is 39.4.